The van der Waals surface area contributed by atoms with E-state index in [4.69, 9.17) is 4.74 Å². The van der Waals surface area contributed by atoms with Crippen LogP contribution in [0.25, 0.3) is 0 Å². The van der Waals surface area contributed by atoms with Crippen molar-refractivity contribution in [3.05, 3.63) is 29.8 Å². The third-order valence-electron chi connectivity index (χ3n) is 2.34. The SMILES string of the molecule is CCCc1ccc(OCC(O)CNC)cc1. The van der Waals surface area contributed by atoms with Crippen LogP contribution < -0.4 is 10.1 Å². The van der Waals surface area contributed by atoms with Gasteiger partial charge in [-0.15, -0.1) is 0 Å². The Morgan fingerprint density at radius 1 is 1.31 bits per heavy atom. The summed E-state index contributed by atoms with van der Waals surface area (Å²) in [6.07, 6.45) is 1.80. The van der Waals surface area contributed by atoms with E-state index in [2.05, 4.69) is 24.4 Å². The number of likely N-dealkylation sites (N-methyl/N-ethyl adjacent to an activating group) is 1. The maximum Gasteiger partial charge on any atom is 0.119 e. The number of hydrogen-bond acceptors (Lipinski definition) is 3. The molecule has 1 rings (SSSR count). The molecular weight excluding hydrogens is 202 g/mol. The number of benzene rings is 1. The van der Waals surface area contributed by atoms with Gasteiger partial charge < -0.3 is 15.2 Å². The smallest absolute Gasteiger partial charge is 0.119 e. The maximum atomic E-state index is 9.46. The topological polar surface area (TPSA) is 41.5 Å². The number of ether oxygens (including phenoxy) is 1. The van der Waals surface area contributed by atoms with Crippen LogP contribution in [0, 0.1) is 0 Å². The first-order valence-electron chi connectivity index (χ1n) is 5.80. The van der Waals surface area contributed by atoms with Crippen molar-refractivity contribution in [3.8, 4) is 5.75 Å². The van der Waals surface area contributed by atoms with E-state index in [0.717, 1.165) is 18.6 Å². The van der Waals surface area contributed by atoms with Crippen molar-refractivity contribution in [2.24, 2.45) is 0 Å². The highest BCUT2D eigenvalue weighted by molar-refractivity contribution is 5.27. The lowest BCUT2D eigenvalue weighted by atomic mass is 10.1. The zero-order valence-corrected chi connectivity index (χ0v) is 10.1. The van der Waals surface area contributed by atoms with Crippen LogP contribution in [-0.4, -0.2) is 31.4 Å². The van der Waals surface area contributed by atoms with Crippen molar-refractivity contribution in [1.82, 2.24) is 5.32 Å². The minimum atomic E-state index is -0.458. The first-order chi connectivity index (χ1) is 7.76. The van der Waals surface area contributed by atoms with Crippen molar-refractivity contribution in [2.75, 3.05) is 20.2 Å². The van der Waals surface area contributed by atoms with E-state index in [-0.39, 0.29) is 0 Å². The average molecular weight is 223 g/mol. The Balaban J connectivity index is 2.37. The van der Waals surface area contributed by atoms with Gasteiger partial charge in [0.2, 0.25) is 0 Å². The van der Waals surface area contributed by atoms with E-state index in [9.17, 15) is 5.11 Å². The van der Waals surface area contributed by atoms with Crippen LogP contribution in [0.4, 0.5) is 0 Å². The summed E-state index contributed by atoms with van der Waals surface area (Å²) in [4.78, 5) is 0. The summed E-state index contributed by atoms with van der Waals surface area (Å²) >= 11 is 0. The number of nitrogens with one attached hydrogen (secondary N) is 1. The Kier molecular flexibility index (Phi) is 5.90. The Labute approximate surface area is 97.4 Å². The van der Waals surface area contributed by atoms with E-state index < -0.39 is 6.10 Å². The van der Waals surface area contributed by atoms with Gasteiger partial charge in [0, 0.05) is 6.54 Å². The van der Waals surface area contributed by atoms with E-state index >= 15 is 0 Å². The Hall–Kier alpha value is -1.06. The molecule has 0 aliphatic heterocycles. The third kappa shape index (κ3) is 4.64. The summed E-state index contributed by atoms with van der Waals surface area (Å²) in [6.45, 7) is 3.04. The molecule has 0 saturated heterocycles. The third-order valence-corrected chi connectivity index (χ3v) is 2.34. The fraction of sp³-hybridized carbons (Fsp3) is 0.538. The zero-order valence-electron chi connectivity index (χ0n) is 10.1. The summed E-state index contributed by atoms with van der Waals surface area (Å²) < 4.78 is 5.46. The molecule has 0 radical (unpaired) electrons. The lowest BCUT2D eigenvalue weighted by molar-refractivity contribution is 0.108. The van der Waals surface area contributed by atoms with Gasteiger partial charge in [-0.25, -0.2) is 0 Å². The van der Waals surface area contributed by atoms with E-state index in [1.54, 1.807) is 0 Å². The average Bonchev–Trinajstić information content (AvgIpc) is 2.29. The minimum absolute atomic E-state index is 0.327. The molecule has 0 amide bonds. The van der Waals surface area contributed by atoms with Crippen molar-refractivity contribution in [1.29, 1.82) is 0 Å². The van der Waals surface area contributed by atoms with Crippen LogP contribution in [-0.2, 0) is 6.42 Å². The molecule has 0 aliphatic rings. The molecule has 0 aromatic heterocycles. The number of aryl methyl sites for hydroxylation is 1. The Bertz CT molecular complexity index is 284. The van der Waals surface area contributed by atoms with Crippen LogP contribution in [0.2, 0.25) is 0 Å². The molecule has 0 bridgehead atoms. The van der Waals surface area contributed by atoms with Gasteiger partial charge in [-0.05, 0) is 31.2 Å². The van der Waals surface area contributed by atoms with Crippen molar-refractivity contribution in [3.63, 3.8) is 0 Å². The fourth-order valence-electron chi connectivity index (χ4n) is 1.53. The molecule has 16 heavy (non-hydrogen) atoms. The molecule has 1 aromatic rings. The molecule has 0 heterocycles. The monoisotopic (exact) mass is 223 g/mol. The Morgan fingerprint density at radius 3 is 2.56 bits per heavy atom. The number of rotatable bonds is 7. The maximum absolute atomic E-state index is 9.46. The second kappa shape index (κ2) is 7.25. The highest BCUT2D eigenvalue weighted by Gasteiger charge is 2.03. The number of aliphatic hydroxyl groups excluding tert-OH is 1. The van der Waals surface area contributed by atoms with Gasteiger partial charge in [0.15, 0.2) is 0 Å². The lowest BCUT2D eigenvalue weighted by Gasteiger charge is -2.11. The first-order valence-corrected chi connectivity index (χ1v) is 5.80. The molecule has 0 fully saturated rings. The molecule has 2 N–H and O–H groups in total. The highest BCUT2D eigenvalue weighted by Crippen LogP contribution is 2.13. The largest absolute Gasteiger partial charge is 0.491 e. The van der Waals surface area contributed by atoms with Crippen LogP contribution in [0.1, 0.15) is 18.9 Å². The van der Waals surface area contributed by atoms with Gasteiger partial charge in [0.1, 0.15) is 18.5 Å². The summed E-state index contributed by atoms with van der Waals surface area (Å²) in [7, 11) is 1.81. The van der Waals surface area contributed by atoms with E-state index in [1.807, 2.05) is 19.2 Å². The normalized spacial score (nSPS) is 12.4. The molecule has 1 unspecified atom stereocenters. The summed E-state index contributed by atoms with van der Waals surface area (Å²) in [5.41, 5.74) is 1.32. The Morgan fingerprint density at radius 2 is 2.00 bits per heavy atom. The van der Waals surface area contributed by atoms with Crippen molar-refractivity contribution < 1.29 is 9.84 Å². The lowest BCUT2D eigenvalue weighted by Crippen LogP contribution is -2.29. The summed E-state index contributed by atoms with van der Waals surface area (Å²) in [5.74, 6) is 0.815. The molecule has 3 nitrogen and oxygen atoms in total. The quantitative estimate of drug-likeness (QED) is 0.737. The molecule has 3 heteroatoms. The highest BCUT2D eigenvalue weighted by atomic mass is 16.5. The standard InChI is InChI=1S/C13H21NO2/c1-3-4-11-5-7-13(8-6-11)16-10-12(15)9-14-2/h5-8,12,14-15H,3-4,9-10H2,1-2H3. The first kappa shape index (κ1) is 13.0. The summed E-state index contributed by atoms with van der Waals surface area (Å²) in [6, 6.07) is 8.06. The molecule has 1 atom stereocenters. The fourth-order valence-corrected chi connectivity index (χ4v) is 1.53. The van der Waals surface area contributed by atoms with Crippen LogP contribution in [0.3, 0.4) is 0 Å². The van der Waals surface area contributed by atoms with Crippen molar-refractivity contribution >= 4 is 0 Å². The second-order valence-corrected chi connectivity index (χ2v) is 3.92. The predicted octanol–water partition coefficient (Wildman–Crippen LogP) is 1.60. The van der Waals surface area contributed by atoms with E-state index in [0.29, 0.717) is 13.2 Å². The van der Waals surface area contributed by atoms with Gasteiger partial charge in [0.05, 0.1) is 0 Å². The molecule has 0 spiro atoms. The van der Waals surface area contributed by atoms with Gasteiger partial charge in [-0.3, -0.25) is 0 Å². The van der Waals surface area contributed by atoms with Gasteiger partial charge in [-0.2, -0.15) is 0 Å². The van der Waals surface area contributed by atoms with Crippen LogP contribution in [0.15, 0.2) is 24.3 Å². The molecule has 0 saturated carbocycles. The van der Waals surface area contributed by atoms with Crippen LogP contribution in [0.5, 0.6) is 5.75 Å². The van der Waals surface area contributed by atoms with Gasteiger partial charge in [-0.1, -0.05) is 25.5 Å². The van der Waals surface area contributed by atoms with Gasteiger partial charge in [0.25, 0.3) is 0 Å². The molecular formula is C13H21NO2. The molecule has 0 aliphatic carbocycles. The molecule has 1 aromatic carbocycles. The predicted molar refractivity (Wildman–Crippen MR) is 65.9 cm³/mol. The molecule has 90 valence electrons. The minimum Gasteiger partial charge on any atom is -0.491 e. The van der Waals surface area contributed by atoms with Crippen LogP contribution >= 0.6 is 0 Å². The summed E-state index contributed by atoms with van der Waals surface area (Å²) in [5, 5.41) is 12.4. The number of hydrogen-bond donors (Lipinski definition) is 2. The number of aliphatic hydroxyl groups is 1. The zero-order chi connectivity index (χ0) is 11.8. The van der Waals surface area contributed by atoms with Crippen molar-refractivity contribution in [2.45, 2.75) is 25.9 Å². The van der Waals surface area contributed by atoms with Gasteiger partial charge >= 0.3 is 0 Å². The second-order valence-electron chi connectivity index (χ2n) is 3.92. The van der Waals surface area contributed by atoms with E-state index in [1.165, 1.54) is 5.56 Å².